The first-order valence-electron chi connectivity index (χ1n) is 6.69. The fraction of sp³-hybridized carbons (Fsp3) is 0.118. The van der Waals surface area contributed by atoms with E-state index in [0.29, 0.717) is 0 Å². The van der Waals surface area contributed by atoms with Crippen molar-refractivity contribution in [2.45, 2.75) is 13.8 Å². The lowest BCUT2D eigenvalue weighted by molar-refractivity contribution is 0.253. The molecule has 1 amide bonds. The lowest BCUT2D eigenvalue weighted by atomic mass is 10.1. The summed E-state index contributed by atoms with van der Waals surface area (Å²) in [6.07, 6.45) is 3.68. The summed E-state index contributed by atoms with van der Waals surface area (Å²) in [5.41, 5.74) is 2.93. The third-order valence-electron chi connectivity index (χ3n) is 3.52. The average molecular weight is 343 g/mol. The summed E-state index contributed by atoms with van der Waals surface area (Å²) in [5, 5.41) is 5.09. The van der Waals surface area contributed by atoms with Crippen molar-refractivity contribution in [2.24, 2.45) is 0 Å². The van der Waals surface area contributed by atoms with Gasteiger partial charge in [-0.3, -0.25) is 4.57 Å². The third-order valence-corrected chi connectivity index (χ3v) is 3.97. The van der Waals surface area contributed by atoms with Crippen LogP contribution in [-0.4, -0.2) is 10.6 Å². The van der Waals surface area contributed by atoms with Crippen molar-refractivity contribution in [3.63, 3.8) is 0 Å². The van der Waals surface area contributed by atoms with Gasteiger partial charge in [-0.05, 0) is 47.9 Å². The molecule has 106 valence electrons. The van der Waals surface area contributed by atoms with E-state index in [4.69, 9.17) is 0 Å². The van der Waals surface area contributed by atoms with Gasteiger partial charge in [0.15, 0.2) is 0 Å². The summed E-state index contributed by atoms with van der Waals surface area (Å²) in [5.74, 6) is 0. The SMILES string of the molecule is Cc1cc(Br)cc(C)c1NC(=O)n1cc2ccccc2c1. The van der Waals surface area contributed by atoms with E-state index in [2.05, 4.69) is 21.2 Å². The summed E-state index contributed by atoms with van der Waals surface area (Å²) >= 11 is 3.46. The van der Waals surface area contributed by atoms with E-state index < -0.39 is 0 Å². The number of nitrogens with zero attached hydrogens (tertiary/aromatic N) is 1. The Morgan fingerprint density at radius 2 is 1.57 bits per heavy atom. The lowest BCUT2D eigenvalue weighted by Crippen LogP contribution is -2.19. The Hall–Kier alpha value is -2.07. The Balaban J connectivity index is 1.93. The van der Waals surface area contributed by atoms with Crippen LogP contribution in [0.4, 0.5) is 10.5 Å². The summed E-state index contributed by atoms with van der Waals surface area (Å²) in [4.78, 5) is 12.4. The van der Waals surface area contributed by atoms with Crippen LogP contribution in [0.3, 0.4) is 0 Å². The van der Waals surface area contributed by atoms with Gasteiger partial charge in [-0.25, -0.2) is 4.79 Å². The normalized spacial score (nSPS) is 10.8. The average Bonchev–Trinajstić information content (AvgIpc) is 2.86. The van der Waals surface area contributed by atoms with Crippen LogP contribution in [0.5, 0.6) is 0 Å². The highest BCUT2D eigenvalue weighted by Gasteiger charge is 2.10. The number of halogens is 1. The second kappa shape index (κ2) is 5.37. The van der Waals surface area contributed by atoms with Gasteiger partial charge in [-0.1, -0.05) is 40.2 Å². The summed E-state index contributed by atoms with van der Waals surface area (Å²) < 4.78 is 2.60. The molecule has 0 unspecified atom stereocenters. The number of aromatic nitrogens is 1. The van der Waals surface area contributed by atoms with E-state index in [9.17, 15) is 4.79 Å². The number of amides is 1. The largest absolute Gasteiger partial charge is 0.330 e. The zero-order chi connectivity index (χ0) is 15.0. The molecular weight excluding hydrogens is 328 g/mol. The molecule has 0 radical (unpaired) electrons. The Morgan fingerprint density at radius 1 is 1.05 bits per heavy atom. The third kappa shape index (κ3) is 2.72. The van der Waals surface area contributed by atoms with Crippen LogP contribution >= 0.6 is 15.9 Å². The summed E-state index contributed by atoms with van der Waals surface area (Å²) in [6.45, 7) is 3.97. The minimum atomic E-state index is -0.153. The first-order chi connectivity index (χ1) is 10.0. The van der Waals surface area contributed by atoms with Crippen LogP contribution in [0.2, 0.25) is 0 Å². The number of fused-ring (bicyclic) bond motifs is 1. The van der Waals surface area contributed by atoms with Crippen LogP contribution in [0, 0.1) is 13.8 Å². The fourth-order valence-corrected chi connectivity index (χ4v) is 3.17. The molecule has 1 N–H and O–H groups in total. The summed E-state index contributed by atoms with van der Waals surface area (Å²) in [6, 6.07) is 11.8. The molecule has 0 saturated heterocycles. The van der Waals surface area contributed by atoms with Gasteiger partial charge in [-0.2, -0.15) is 0 Å². The highest BCUT2D eigenvalue weighted by atomic mass is 79.9. The molecule has 3 rings (SSSR count). The zero-order valence-electron chi connectivity index (χ0n) is 11.9. The van der Waals surface area contributed by atoms with Crippen molar-refractivity contribution in [1.82, 2.24) is 4.57 Å². The van der Waals surface area contributed by atoms with E-state index in [-0.39, 0.29) is 6.03 Å². The minimum Gasteiger partial charge on any atom is -0.307 e. The number of carbonyl (C=O) groups is 1. The van der Waals surface area contributed by atoms with Crippen LogP contribution < -0.4 is 5.32 Å². The molecule has 0 saturated carbocycles. The van der Waals surface area contributed by atoms with Gasteiger partial charge in [0, 0.05) is 22.6 Å². The van der Waals surface area contributed by atoms with E-state index in [1.807, 2.05) is 62.6 Å². The molecule has 0 bridgehead atoms. The fourth-order valence-electron chi connectivity index (χ4n) is 2.48. The van der Waals surface area contributed by atoms with Crippen molar-refractivity contribution in [2.75, 3.05) is 5.32 Å². The second-order valence-electron chi connectivity index (χ2n) is 5.14. The molecule has 0 fully saturated rings. The minimum absolute atomic E-state index is 0.153. The maximum absolute atomic E-state index is 12.4. The maximum Gasteiger partial charge on any atom is 0.330 e. The Kier molecular flexibility index (Phi) is 3.55. The topological polar surface area (TPSA) is 34.0 Å². The first kappa shape index (κ1) is 13.9. The van der Waals surface area contributed by atoms with E-state index >= 15 is 0 Å². The number of rotatable bonds is 1. The maximum atomic E-state index is 12.4. The van der Waals surface area contributed by atoms with Crippen LogP contribution in [0.15, 0.2) is 53.3 Å². The molecule has 4 heteroatoms. The van der Waals surface area contributed by atoms with Gasteiger partial charge >= 0.3 is 6.03 Å². The number of benzene rings is 2. The molecular formula is C17H15BrN2O. The first-order valence-corrected chi connectivity index (χ1v) is 7.49. The van der Waals surface area contributed by atoms with Crippen molar-refractivity contribution in [3.8, 4) is 0 Å². The molecule has 21 heavy (non-hydrogen) atoms. The Labute approximate surface area is 131 Å². The van der Waals surface area contributed by atoms with Gasteiger partial charge in [0.05, 0.1) is 0 Å². The number of hydrogen-bond acceptors (Lipinski definition) is 1. The molecule has 0 aliphatic heterocycles. The molecule has 0 aliphatic rings. The highest BCUT2D eigenvalue weighted by Crippen LogP contribution is 2.25. The number of hydrogen-bond donors (Lipinski definition) is 1. The number of nitrogens with one attached hydrogen (secondary N) is 1. The second-order valence-corrected chi connectivity index (χ2v) is 6.05. The standard InChI is InChI=1S/C17H15BrN2O/c1-11-7-15(18)8-12(2)16(11)19-17(21)20-9-13-5-3-4-6-14(13)10-20/h3-10H,1-2H3,(H,19,21). The molecule has 3 aromatic rings. The van der Waals surface area contributed by atoms with E-state index in [1.54, 1.807) is 4.57 Å². The molecule has 2 aromatic carbocycles. The monoisotopic (exact) mass is 342 g/mol. The van der Waals surface area contributed by atoms with Gasteiger partial charge in [0.25, 0.3) is 0 Å². The Bertz CT molecular complexity index is 780. The quantitative estimate of drug-likeness (QED) is 0.655. The van der Waals surface area contributed by atoms with Gasteiger partial charge in [0.1, 0.15) is 0 Å². The molecule has 1 heterocycles. The Morgan fingerprint density at radius 3 is 2.10 bits per heavy atom. The zero-order valence-corrected chi connectivity index (χ0v) is 13.4. The molecule has 1 aromatic heterocycles. The predicted molar refractivity (Wildman–Crippen MR) is 90.0 cm³/mol. The predicted octanol–water partition coefficient (Wildman–Crippen LogP) is 5.10. The molecule has 0 aliphatic carbocycles. The van der Waals surface area contributed by atoms with Crippen molar-refractivity contribution in [1.29, 1.82) is 0 Å². The lowest BCUT2D eigenvalue weighted by Gasteiger charge is -2.12. The van der Waals surface area contributed by atoms with E-state index in [1.165, 1.54) is 0 Å². The van der Waals surface area contributed by atoms with Crippen LogP contribution in [0.1, 0.15) is 11.1 Å². The van der Waals surface area contributed by atoms with Crippen molar-refractivity contribution < 1.29 is 4.79 Å². The molecule has 0 spiro atoms. The van der Waals surface area contributed by atoms with Crippen molar-refractivity contribution >= 4 is 38.4 Å². The highest BCUT2D eigenvalue weighted by molar-refractivity contribution is 9.10. The number of anilines is 1. The molecule has 3 nitrogen and oxygen atoms in total. The number of aryl methyl sites for hydroxylation is 2. The van der Waals surface area contributed by atoms with Crippen molar-refractivity contribution in [3.05, 3.63) is 64.4 Å². The van der Waals surface area contributed by atoms with E-state index in [0.717, 1.165) is 32.1 Å². The van der Waals surface area contributed by atoms with Gasteiger partial charge in [-0.15, -0.1) is 0 Å². The smallest absolute Gasteiger partial charge is 0.307 e. The van der Waals surface area contributed by atoms with Crippen LogP contribution in [0.25, 0.3) is 10.8 Å². The van der Waals surface area contributed by atoms with Crippen LogP contribution in [-0.2, 0) is 0 Å². The van der Waals surface area contributed by atoms with Gasteiger partial charge < -0.3 is 5.32 Å². The summed E-state index contributed by atoms with van der Waals surface area (Å²) in [7, 11) is 0. The number of carbonyl (C=O) groups excluding carboxylic acids is 1. The van der Waals surface area contributed by atoms with Gasteiger partial charge in [0.2, 0.25) is 0 Å². The molecule has 0 atom stereocenters.